The summed E-state index contributed by atoms with van der Waals surface area (Å²) in [6.07, 6.45) is 0.840. The summed E-state index contributed by atoms with van der Waals surface area (Å²) in [4.78, 5) is 4.71. The molecule has 0 fully saturated rings. The molecule has 6 heteroatoms. The lowest BCUT2D eigenvalue weighted by molar-refractivity contribution is 0.807. The molecule has 0 aliphatic rings. The molecule has 3 aromatic rings. The Balaban J connectivity index is 1.53. The Morgan fingerprint density at radius 1 is 1.10 bits per heavy atom. The van der Waals surface area contributed by atoms with E-state index in [1.165, 1.54) is 11.1 Å². The number of anilines is 2. The van der Waals surface area contributed by atoms with Crippen molar-refractivity contribution in [1.29, 1.82) is 5.26 Å². The van der Waals surface area contributed by atoms with Crippen molar-refractivity contribution in [3.63, 3.8) is 0 Å². The molecular formula is C23H25N5S. The van der Waals surface area contributed by atoms with E-state index in [0.717, 1.165) is 35.1 Å². The number of thiocarbonyl (C=S) groups is 1. The third kappa shape index (κ3) is 5.21. The van der Waals surface area contributed by atoms with Crippen LogP contribution < -0.4 is 16.0 Å². The van der Waals surface area contributed by atoms with E-state index in [9.17, 15) is 5.26 Å². The van der Waals surface area contributed by atoms with Crippen molar-refractivity contribution in [2.24, 2.45) is 0 Å². The maximum absolute atomic E-state index is 9.47. The largest absolute Gasteiger partial charge is 0.369 e. The molecule has 0 radical (unpaired) electrons. The van der Waals surface area contributed by atoms with E-state index in [0.29, 0.717) is 23.0 Å². The number of nitriles is 1. The predicted octanol–water partition coefficient (Wildman–Crippen LogP) is 4.82. The number of benzene rings is 2. The third-order valence-corrected chi connectivity index (χ3v) is 5.09. The van der Waals surface area contributed by atoms with Crippen molar-refractivity contribution in [2.45, 2.75) is 27.2 Å². The van der Waals surface area contributed by atoms with Gasteiger partial charge >= 0.3 is 0 Å². The number of nitrogens with zero attached hydrogens (tertiary/aromatic N) is 2. The van der Waals surface area contributed by atoms with Gasteiger partial charge in [-0.2, -0.15) is 5.26 Å². The van der Waals surface area contributed by atoms with Crippen molar-refractivity contribution >= 4 is 39.7 Å². The summed E-state index contributed by atoms with van der Waals surface area (Å²) in [5.41, 5.74) is 6.00. The summed E-state index contributed by atoms with van der Waals surface area (Å²) in [5, 5.41) is 20.7. The molecule has 0 aliphatic heterocycles. The minimum Gasteiger partial charge on any atom is -0.369 e. The third-order valence-electron chi connectivity index (χ3n) is 4.84. The summed E-state index contributed by atoms with van der Waals surface area (Å²) in [7, 11) is 0. The summed E-state index contributed by atoms with van der Waals surface area (Å²) < 4.78 is 0. The van der Waals surface area contributed by atoms with Crippen molar-refractivity contribution in [1.82, 2.24) is 10.3 Å². The van der Waals surface area contributed by atoms with E-state index in [1.54, 1.807) is 0 Å². The van der Waals surface area contributed by atoms with Crippen LogP contribution in [0.1, 0.15) is 28.7 Å². The molecule has 29 heavy (non-hydrogen) atoms. The highest BCUT2D eigenvalue weighted by atomic mass is 32.1. The van der Waals surface area contributed by atoms with E-state index in [4.69, 9.17) is 17.2 Å². The van der Waals surface area contributed by atoms with Crippen LogP contribution in [0.3, 0.4) is 0 Å². The maximum Gasteiger partial charge on any atom is 0.170 e. The second-order valence-corrected chi connectivity index (χ2v) is 7.51. The average Bonchev–Trinajstić information content (AvgIpc) is 2.70. The van der Waals surface area contributed by atoms with Crippen molar-refractivity contribution in [3.05, 3.63) is 64.7 Å². The van der Waals surface area contributed by atoms with Crippen LogP contribution in [-0.2, 0) is 0 Å². The summed E-state index contributed by atoms with van der Waals surface area (Å²) >= 11 is 5.34. The van der Waals surface area contributed by atoms with Gasteiger partial charge in [-0.05, 0) is 74.3 Å². The number of pyridine rings is 1. The highest BCUT2D eigenvalue weighted by Crippen LogP contribution is 2.24. The lowest BCUT2D eigenvalue weighted by Gasteiger charge is -2.13. The molecule has 148 valence electrons. The van der Waals surface area contributed by atoms with Gasteiger partial charge in [0, 0.05) is 24.2 Å². The first-order chi connectivity index (χ1) is 14.0. The molecule has 0 atom stereocenters. The first-order valence-electron chi connectivity index (χ1n) is 9.64. The monoisotopic (exact) mass is 403 g/mol. The summed E-state index contributed by atoms with van der Waals surface area (Å²) in [5.74, 6) is 0.633. The topological polar surface area (TPSA) is 72.8 Å². The van der Waals surface area contributed by atoms with Crippen molar-refractivity contribution < 1.29 is 0 Å². The zero-order valence-electron chi connectivity index (χ0n) is 17.0. The first-order valence-corrected chi connectivity index (χ1v) is 10.0. The second kappa shape index (κ2) is 9.35. The molecule has 0 saturated heterocycles. The van der Waals surface area contributed by atoms with E-state index in [2.05, 4.69) is 41.9 Å². The van der Waals surface area contributed by atoms with Gasteiger partial charge in [0.15, 0.2) is 5.11 Å². The molecule has 1 aromatic heterocycles. The Kier molecular flexibility index (Phi) is 6.63. The number of nitrogens with one attached hydrogen (secondary N) is 3. The van der Waals surface area contributed by atoms with Crippen molar-refractivity contribution in [2.75, 3.05) is 23.7 Å². The minimum atomic E-state index is 0.561. The first kappa shape index (κ1) is 20.6. The minimum absolute atomic E-state index is 0.561. The van der Waals surface area contributed by atoms with E-state index >= 15 is 0 Å². The zero-order chi connectivity index (χ0) is 20.8. The predicted molar refractivity (Wildman–Crippen MR) is 124 cm³/mol. The lowest BCUT2D eigenvalue weighted by atomic mass is 10.0. The van der Waals surface area contributed by atoms with E-state index in [-0.39, 0.29) is 0 Å². The van der Waals surface area contributed by atoms with Gasteiger partial charge in [-0.25, -0.2) is 4.98 Å². The zero-order valence-corrected chi connectivity index (χ0v) is 17.8. The van der Waals surface area contributed by atoms with Gasteiger partial charge in [-0.3, -0.25) is 0 Å². The molecule has 3 rings (SSSR count). The highest BCUT2D eigenvalue weighted by Gasteiger charge is 2.09. The standard InChI is InChI=1S/C23H25N5S/c1-15-6-4-7-20(12-15)27-23(29)26-11-5-10-25-22-19(14-24)13-18-9-8-16(2)17(3)21(18)28-22/h4,6-9,12-13H,5,10-11H2,1-3H3,(H,25,28)(H2,26,27,29). The van der Waals surface area contributed by atoms with Gasteiger partial charge < -0.3 is 16.0 Å². The summed E-state index contributed by atoms with van der Waals surface area (Å²) in [6, 6.07) is 16.3. The SMILES string of the molecule is Cc1cccc(NC(=S)NCCCNc2nc3c(C)c(C)ccc3cc2C#N)c1. The molecule has 0 unspecified atom stereocenters. The highest BCUT2D eigenvalue weighted by molar-refractivity contribution is 7.80. The number of hydrogen-bond donors (Lipinski definition) is 3. The number of aromatic nitrogens is 1. The molecule has 5 nitrogen and oxygen atoms in total. The Bertz CT molecular complexity index is 1080. The van der Waals surface area contributed by atoms with Crippen LogP contribution in [0.5, 0.6) is 0 Å². The van der Waals surface area contributed by atoms with E-state index < -0.39 is 0 Å². The average molecular weight is 404 g/mol. The number of rotatable bonds is 6. The molecule has 0 spiro atoms. The van der Waals surface area contributed by atoms with Crippen LogP contribution in [0.15, 0.2) is 42.5 Å². The maximum atomic E-state index is 9.47. The Morgan fingerprint density at radius 2 is 1.93 bits per heavy atom. The van der Waals surface area contributed by atoms with Crippen LogP contribution in [0.2, 0.25) is 0 Å². The van der Waals surface area contributed by atoms with E-state index in [1.807, 2.05) is 43.3 Å². The quantitative estimate of drug-likeness (QED) is 0.405. The molecule has 2 aromatic carbocycles. The summed E-state index contributed by atoms with van der Waals surface area (Å²) in [6.45, 7) is 7.59. The normalized spacial score (nSPS) is 10.4. The molecule has 1 heterocycles. The van der Waals surface area contributed by atoms with Crippen LogP contribution in [0.25, 0.3) is 10.9 Å². The van der Waals surface area contributed by atoms with Crippen LogP contribution in [-0.4, -0.2) is 23.2 Å². The lowest BCUT2D eigenvalue weighted by Crippen LogP contribution is -2.30. The molecular weight excluding hydrogens is 378 g/mol. The van der Waals surface area contributed by atoms with Crippen molar-refractivity contribution in [3.8, 4) is 6.07 Å². The Morgan fingerprint density at radius 3 is 2.69 bits per heavy atom. The number of fused-ring (bicyclic) bond motifs is 1. The molecule has 0 amide bonds. The fourth-order valence-corrected chi connectivity index (χ4v) is 3.32. The fourth-order valence-electron chi connectivity index (χ4n) is 3.10. The van der Waals surface area contributed by atoms with Crippen LogP contribution in [0, 0.1) is 32.1 Å². The molecule has 0 saturated carbocycles. The van der Waals surface area contributed by atoms with Gasteiger partial charge in [-0.1, -0.05) is 24.3 Å². The van der Waals surface area contributed by atoms with Crippen LogP contribution in [0.4, 0.5) is 11.5 Å². The van der Waals surface area contributed by atoms with Gasteiger partial charge in [0.1, 0.15) is 11.9 Å². The van der Waals surface area contributed by atoms with Gasteiger partial charge in [0.2, 0.25) is 0 Å². The van der Waals surface area contributed by atoms with Crippen LogP contribution >= 0.6 is 12.2 Å². The van der Waals surface area contributed by atoms with Gasteiger partial charge in [-0.15, -0.1) is 0 Å². The Hall–Kier alpha value is -3.17. The molecule has 0 bridgehead atoms. The number of aryl methyl sites for hydroxylation is 3. The second-order valence-electron chi connectivity index (χ2n) is 7.11. The van der Waals surface area contributed by atoms with Gasteiger partial charge in [0.05, 0.1) is 11.1 Å². The number of hydrogen-bond acceptors (Lipinski definition) is 4. The Labute approximate surface area is 177 Å². The molecule has 0 aliphatic carbocycles. The van der Waals surface area contributed by atoms with Gasteiger partial charge in [0.25, 0.3) is 0 Å². The fraction of sp³-hybridized carbons (Fsp3) is 0.261. The smallest absolute Gasteiger partial charge is 0.170 e. The molecule has 3 N–H and O–H groups in total.